The molecular weight excluding hydrogens is 566 g/mol. The second-order valence-corrected chi connectivity index (χ2v) is 14.0. The number of aliphatic hydroxyl groups excluding tert-OH is 1. The normalized spacial score (nSPS) is 14.5. The number of amides is 2. The van der Waals surface area contributed by atoms with E-state index in [1.54, 1.807) is 20.8 Å². The van der Waals surface area contributed by atoms with E-state index < -0.39 is 57.1 Å². The van der Waals surface area contributed by atoms with Crippen molar-refractivity contribution in [2.45, 2.75) is 65.8 Å². The molecule has 0 aliphatic carbocycles. The number of nitrogens with one attached hydrogen (secondary N) is 3. The second kappa shape index (κ2) is 15.5. The van der Waals surface area contributed by atoms with E-state index in [2.05, 4.69) is 16.0 Å². The third kappa shape index (κ3) is 11.7. The molecule has 0 spiro atoms. The molecule has 0 fully saturated rings. The number of carbonyl (C=O) groups excluding carboxylic acids is 2. The van der Waals surface area contributed by atoms with Crippen molar-refractivity contribution in [3.63, 3.8) is 0 Å². The quantitative estimate of drug-likeness (QED) is 0.246. The van der Waals surface area contributed by atoms with Crippen molar-refractivity contribution >= 4 is 21.8 Å². The van der Waals surface area contributed by atoms with Crippen molar-refractivity contribution in [1.29, 1.82) is 0 Å². The molecule has 0 bridgehead atoms. The van der Waals surface area contributed by atoms with Gasteiger partial charge in [-0.25, -0.2) is 17.2 Å². The molecule has 2 amide bonds. The SMILES string of the molecule is CC(C)CN(CC(O)C(Cc1ccccc1)NC(=O)[C@@H](NC(=O)CNCc1cc(F)ccc1F)C(C)(C)C)S(C)(=O)=O. The molecule has 234 valence electrons. The molecule has 2 aromatic carbocycles. The maximum absolute atomic E-state index is 13.9. The largest absolute Gasteiger partial charge is 0.390 e. The van der Waals surface area contributed by atoms with Crippen LogP contribution in [0.15, 0.2) is 48.5 Å². The van der Waals surface area contributed by atoms with Gasteiger partial charge in [-0.05, 0) is 41.5 Å². The van der Waals surface area contributed by atoms with Gasteiger partial charge < -0.3 is 21.1 Å². The van der Waals surface area contributed by atoms with Gasteiger partial charge in [0.2, 0.25) is 21.8 Å². The maximum atomic E-state index is 13.9. The van der Waals surface area contributed by atoms with Crippen LogP contribution < -0.4 is 16.0 Å². The number of hydrogen-bond acceptors (Lipinski definition) is 6. The summed E-state index contributed by atoms with van der Waals surface area (Å²) in [6, 6.07) is 10.3. The Morgan fingerprint density at radius 3 is 2.21 bits per heavy atom. The van der Waals surface area contributed by atoms with E-state index in [0.717, 1.165) is 30.0 Å². The van der Waals surface area contributed by atoms with Crippen molar-refractivity contribution in [1.82, 2.24) is 20.3 Å². The van der Waals surface area contributed by atoms with Gasteiger partial charge in [0.25, 0.3) is 0 Å². The smallest absolute Gasteiger partial charge is 0.243 e. The summed E-state index contributed by atoms with van der Waals surface area (Å²) in [5.41, 5.74) is 0.139. The van der Waals surface area contributed by atoms with Crippen LogP contribution in [-0.4, -0.2) is 73.7 Å². The van der Waals surface area contributed by atoms with Gasteiger partial charge in [0, 0.05) is 25.2 Å². The molecule has 0 radical (unpaired) electrons. The van der Waals surface area contributed by atoms with Gasteiger partial charge in [-0.2, -0.15) is 4.31 Å². The summed E-state index contributed by atoms with van der Waals surface area (Å²) in [4.78, 5) is 26.4. The zero-order chi connectivity index (χ0) is 31.7. The zero-order valence-corrected chi connectivity index (χ0v) is 26.0. The molecule has 12 heteroatoms. The zero-order valence-electron chi connectivity index (χ0n) is 25.2. The maximum Gasteiger partial charge on any atom is 0.243 e. The number of halogens is 2. The van der Waals surface area contributed by atoms with Gasteiger partial charge >= 0.3 is 0 Å². The van der Waals surface area contributed by atoms with Crippen LogP contribution in [0.1, 0.15) is 45.7 Å². The number of benzene rings is 2. The van der Waals surface area contributed by atoms with E-state index in [9.17, 15) is 31.9 Å². The highest BCUT2D eigenvalue weighted by atomic mass is 32.2. The molecule has 0 saturated carbocycles. The summed E-state index contributed by atoms with van der Waals surface area (Å²) in [7, 11) is -3.63. The molecule has 2 rings (SSSR count). The average molecular weight is 611 g/mol. The number of hydrogen-bond donors (Lipinski definition) is 4. The van der Waals surface area contributed by atoms with Crippen molar-refractivity contribution in [3.05, 3.63) is 71.3 Å². The predicted molar refractivity (Wildman–Crippen MR) is 159 cm³/mol. The third-order valence-corrected chi connectivity index (χ3v) is 7.80. The van der Waals surface area contributed by atoms with Gasteiger partial charge in [-0.1, -0.05) is 65.0 Å². The summed E-state index contributed by atoms with van der Waals surface area (Å²) in [5, 5.41) is 19.5. The van der Waals surface area contributed by atoms with Crippen LogP contribution in [0.2, 0.25) is 0 Å². The van der Waals surface area contributed by atoms with Crippen molar-refractivity contribution < 1.29 is 31.9 Å². The number of aliphatic hydroxyl groups is 1. The highest BCUT2D eigenvalue weighted by Gasteiger charge is 2.36. The standard InChI is InChI=1S/C30H44F2N4O5S/c1-20(2)18-36(42(6,40)41)19-26(37)25(14-21-10-8-7-9-11-21)34-29(39)28(30(3,4)5)35-27(38)17-33-16-22-15-23(31)12-13-24(22)32/h7-13,15,20,25-26,28,33,37H,14,16-19H2,1-6H3,(H,34,39)(H,35,38)/t25?,26?,28-/m1/s1. The van der Waals surface area contributed by atoms with Gasteiger partial charge in [0.15, 0.2) is 0 Å². The number of nitrogens with zero attached hydrogens (tertiary/aromatic N) is 1. The molecule has 2 aromatic rings. The number of sulfonamides is 1. The Labute approximate surface area is 248 Å². The lowest BCUT2D eigenvalue weighted by molar-refractivity contribution is -0.132. The van der Waals surface area contributed by atoms with Crippen molar-refractivity contribution in [3.8, 4) is 0 Å². The van der Waals surface area contributed by atoms with Gasteiger partial charge in [-0.15, -0.1) is 0 Å². The van der Waals surface area contributed by atoms with Crippen LogP contribution in [0.4, 0.5) is 8.78 Å². The number of carbonyl (C=O) groups is 2. The first-order chi connectivity index (χ1) is 19.5. The Kier molecular flexibility index (Phi) is 13.0. The molecule has 0 aliphatic heterocycles. The minimum absolute atomic E-state index is 0.0144. The van der Waals surface area contributed by atoms with Gasteiger partial charge in [0.1, 0.15) is 17.7 Å². The number of rotatable bonds is 15. The molecule has 0 saturated heterocycles. The van der Waals surface area contributed by atoms with Crippen LogP contribution in [-0.2, 0) is 32.6 Å². The first-order valence-corrected chi connectivity index (χ1v) is 15.7. The fraction of sp³-hybridized carbons (Fsp3) is 0.533. The Morgan fingerprint density at radius 1 is 1.00 bits per heavy atom. The van der Waals surface area contributed by atoms with E-state index >= 15 is 0 Å². The fourth-order valence-electron chi connectivity index (χ4n) is 4.38. The molecule has 0 heterocycles. The second-order valence-electron chi connectivity index (χ2n) is 12.1. The molecule has 4 N–H and O–H groups in total. The fourth-order valence-corrected chi connectivity index (χ4v) is 5.38. The molecule has 3 atom stereocenters. The van der Waals surface area contributed by atoms with Crippen molar-refractivity contribution in [2.75, 3.05) is 25.9 Å². The lowest BCUT2D eigenvalue weighted by Gasteiger charge is -2.34. The Morgan fingerprint density at radius 2 is 1.64 bits per heavy atom. The van der Waals surface area contributed by atoms with Crippen LogP contribution in [0.25, 0.3) is 0 Å². The van der Waals surface area contributed by atoms with E-state index in [1.165, 1.54) is 4.31 Å². The highest BCUT2D eigenvalue weighted by molar-refractivity contribution is 7.88. The van der Waals surface area contributed by atoms with Crippen LogP contribution in [0.3, 0.4) is 0 Å². The first-order valence-electron chi connectivity index (χ1n) is 13.9. The summed E-state index contributed by atoms with van der Waals surface area (Å²) in [5.74, 6) is -2.29. The molecular formula is C30H44F2N4O5S. The molecule has 42 heavy (non-hydrogen) atoms. The Balaban J connectivity index is 2.18. The molecule has 0 aliphatic rings. The average Bonchev–Trinajstić information content (AvgIpc) is 2.87. The summed E-state index contributed by atoms with van der Waals surface area (Å²) < 4.78 is 53.4. The molecule has 2 unspecified atom stereocenters. The van der Waals surface area contributed by atoms with E-state index in [-0.39, 0.29) is 44.1 Å². The Bertz CT molecular complexity index is 1290. The van der Waals surface area contributed by atoms with Crippen molar-refractivity contribution in [2.24, 2.45) is 11.3 Å². The topological polar surface area (TPSA) is 128 Å². The highest BCUT2D eigenvalue weighted by Crippen LogP contribution is 2.21. The van der Waals surface area contributed by atoms with Crippen LogP contribution >= 0.6 is 0 Å². The summed E-state index contributed by atoms with van der Waals surface area (Å²) in [6.45, 7) is 8.67. The minimum Gasteiger partial charge on any atom is -0.390 e. The minimum atomic E-state index is -3.63. The monoisotopic (exact) mass is 610 g/mol. The summed E-state index contributed by atoms with van der Waals surface area (Å²) in [6.07, 6.45) is 0.0506. The van der Waals surface area contributed by atoms with Gasteiger partial charge in [0.05, 0.1) is 24.9 Å². The lowest BCUT2D eigenvalue weighted by atomic mass is 9.85. The predicted octanol–water partition coefficient (Wildman–Crippen LogP) is 2.59. The first kappa shape index (κ1) is 35.3. The lowest BCUT2D eigenvalue weighted by Crippen LogP contribution is -2.59. The molecule has 9 nitrogen and oxygen atoms in total. The van der Waals surface area contributed by atoms with Crippen LogP contribution in [0.5, 0.6) is 0 Å². The Hall–Kier alpha value is -2.93. The molecule has 0 aromatic heterocycles. The van der Waals surface area contributed by atoms with Gasteiger partial charge in [-0.3, -0.25) is 9.59 Å². The third-order valence-electron chi connectivity index (χ3n) is 6.56. The van der Waals surface area contributed by atoms with E-state index in [4.69, 9.17) is 0 Å². The summed E-state index contributed by atoms with van der Waals surface area (Å²) >= 11 is 0. The van der Waals surface area contributed by atoms with E-state index in [0.29, 0.717) is 0 Å². The van der Waals surface area contributed by atoms with E-state index in [1.807, 2.05) is 44.2 Å². The van der Waals surface area contributed by atoms with Crippen LogP contribution in [0, 0.1) is 23.0 Å².